The SMILES string of the molecule is C[C@@]1(n2cnc3c(N)ncnc32)O[C@H](CO)[C@@H](O)[C@H]1S.C[C@H]1O[C@@H](n2cnc3c(N)ncnc32)[C@H](O)[C@@H]1O. The summed E-state index contributed by atoms with van der Waals surface area (Å²) in [6.07, 6.45) is 0.874. The van der Waals surface area contributed by atoms with Gasteiger partial charge in [0.25, 0.3) is 0 Å². The van der Waals surface area contributed by atoms with Crippen LogP contribution in [0.2, 0.25) is 0 Å². The average Bonchev–Trinajstić information content (AvgIpc) is 3.64. The first-order chi connectivity index (χ1) is 18.1. The number of aromatic nitrogens is 8. The van der Waals surface area contributed by atoms with Gasteiger partial charge in [-0.2, -0.15) is 12.6 Å². The smallest absolute Gasteiger partial charge is 0.167 e. The van der Waals surface area contributed by atoms with Crippen molar-refractivity contribution in [2.45, 2.75) is 61.6 Å². The monoisotopic (exact) mass is 548 g/mol. The predicted octanol–water partition coefficient (Wildman–Crippen LogP) is -1.82. The molecule has 16 nitrogen and oxygen atoms in total. The molecule has 204 valence electrons. The van der Waals surface area contributed by atoms with E-state index >= 15 is 0 Å². The van der Waals surface area contributed by atoms with E-state index in [2.05, 4.69) is 42.5 Å². The standard InChI is InChI=1S/C11H15N5O3S.C10H13N5O3/c1-11(8(20)7(18)5(2-17)19-11)16-4-15-6-9(12)13-3-14-10(6)16;1-4-6(16)7(17)10(18-4)15-3-14-5-8(11)12-2-13-9(5)15/h3-5,7-8,17-18,20H,2H2,1H3,(H2,12,13,14);2-4,6-7,10,16-17H,1H3,(H2,11,12,13)/t5-,7-,8-,11-;4-,6-,7-,10-/m11/s1. The number of hydrogen-bond acceptors (Lipinski definition) is 15. The van der Waals surface area contributed by atoms with Crippen LogP contribution in [0.25, 0.3) is 22.3 Å². The molecule has 8 atom stereocenters. The molecule has 0 bridgehead atoms. The van der Waals surface area contributed by atoms with E-state index < -0.39 is 47.7 Å². The van der Waals surface area contributed by atoms with E-state index in [1.54, 1.807) is 23.0 Å². The van der Waals surface area contributed by atoms with Crippen molar-refractivity contribution in [3.8, 4) is 0 Å². The lowest BCUT2D eigenvalue weighted by Gasteiger charge is -2.29. The molecule has 6 rings (SSSR count). The number of nitrogen functional groups attached to an aromatic ring is 2. The zero-order valence-corrected chi connectivity index (χ0v) is 21.2. The van der Waals surface area contributed by atoms with Crippen LogP contribution in [-0.2, 0) is 15.2 Å². The molecule has 0 aliphatic carbocycles. The third-order valence-electron chi connectivity index (χ3n) is 6.80. The number of thiol groups is 1. The van der Waals surface area contributed by atoms with E-state index in [1.165, 1.54) is 25.3 Å². The normalized spacial score (nSPS) is 33.1. The van der Waals surface area contributed by atoms with Crippen molar-refractivity contribution < 1.29 is 29.9 Å². The van der Waals surface area contributed by atoms with Gasteiger partial charge < -0.3 is 41.4 Å². The highest BCUT2D eigenvalue weighted by molar-refractivity contribution is 7.81. The van der Waals surface area contributed by atoms with Crippen molar-refractivity contribution >= 4 is 46.6 Å². The zero-order valence-electron chi connectivity index (χ0n) is 20.3. The minimum atomic E-state index is -1.03. The molecule has 0 spiro atoms. The van der Waals surface area contributed by atoms with Crippen LogP contribution in [0.1, 0.15) is 20.1 Å². The van der Waals surface area contributed by atoms with E-state index in [0.717, 1.165) is 0 Å². The zero-order chi connectivity index (χ0) is 27.4. The van der Waals surface area contributed by atoms with Gasteiger partial charge in [0.2, 0.25) is 0 Å². The summed E-state index contributed by atoms with van der Waals surface area (Å²) in [5.41, 5.74) is 12.3. The Kier molecular flexibility index (Phi) is 6.84. The van der Waals surface area contributed by atoms with Gasteiger partial charge in [-0.05, 0) is 13.8 Å². The molecule has 4 aromatic heterocycles. The molecule has 0 unspecified atom stereocenters. The highest BCUT2D eigenvalue weighted by atomic mass is 32.1. The molecule has 0 saturated carbocycles. The van der Waals surface area contributed by atoms with Gasteiger partial charge in [-0.15, -0.1) is 0 Å². The van der Waals surface area contributed by atoms with Gasteiger partial charge >= 0.3 is 0 Å². The number of fused-ring (bicyclic) bond motifs is 2. The van der Waals surface area contributed by atoms with Crippen molar-refractivity contribution in [2.75, 3.05) is 18.1 Å². The number of aliphatic hydroxyl groups excluding tert-OH is 4. The summed E-state index contributed by atoms with van der Waals surface area (Å²) in [6.45, 7) is 3.15. The fraction of sp³-hybridized carbons (Fsp3) is 0.524. The van der Waals surface area contributed by atoms with Gasteiger partial charge in [0.05, 0.1) is 36.7 Å². The number of aliphatic hydroxyl groups is 4. The minimum Gasteiger partial charge on any atom is -0.394 e. The summed E-state index contributed by atoms with van der Waals surface area (Å²) in [5.74, 6) is 0.533. The van der Waals surface area contributed by atoms with Gasteiger partial charge in [0, 0.05) is 0 Å². The number of imidazole rings is 2. The van der Waals surface area contributed by atoms with Crippen LogP contribution in [0, 0.1) is 0 Å². The molecule has 2 aliphatic rings. The van der Waals surface area contributed by atoms with Crippen LogP contribution >= 0.6 is 12.6 Å². The summed E-state index contributed by atoms with van der Waals surface area (Å²) >= 11 is 4.41. The molecule has 38 heavy (non-hydrogen) atoms. The molecule has 17 heteroatoms. The number of anilines is 2. The van der Waals surface area contributed by atoms with E-state index in [0.29, 0.717) is 22.3 Å². The quantitative estimate of drug-likeness (QED) is 0.140. The topological polar surface area (TPSA) is 239 Å². The molecule has 0 radical (unpaired) electrons. The van der Waals surface area contributed by atoms with E-state index in [1.807, 2.05) is 0 Å². The maximum atomic E-state index is 10.1. The van der Waals surface area contributed by atoms with Crippen molar-refractivity contribution in [1.82, 2.24) is 39.0 Å². The maximum Gasteiger partial charge on any atom is 0.167 e. The third kappa shape index (κ3) is 4.12. The molecular formula is C21H28N10O6S. The Morgan fingerprint density at radius 1 is 0.921 bits per heavy atom. The van der Waals surface area contributed by atoms with Gasteiger partial charge in [0.15, 0.2) is 34.9 Å². The van der Waals surface area contributed by atoms with Crippen LogP contribution in [-0.4, -0.2) is 102 Å². The number of ether oxygens (including phenoxy) is 2. The molecule has 2 fully saturated rings. The van der Waals surface area contributed by atoms with E-state index in [4.69, 9.17) is 20.9 Å². The number of hydrogen-bond donors (Lipinski definition) is 7. The fourth-order valence-electron chi connectivity index (χ4n) is 4.60. The second-order valence-corrected chi connectivity index (χ2v) is 9.73. The first kappa shape index (κ1) is 26.4. The molecular weight excluding hydrogens is 520 g/mol. The van der Waals surface area contributed by atoms with Crippen LogP contribution in [0.3, 0.4) is 0 Å². The maximum absolute atomic E-state index is 10.1. The summed E-state index contributed by atoms with van der Waals surface area (Å²) in [5, 5.41) is 38.4. The van der Waals surface area contributed by atoms with Gasteiger partial charge in [-0.25, -0.2) is 29.9 Å². The van der Waals surface area contributed by atoms with Crippen LogP contribution in [0.15, 0.2) is 25.3 Å². The Balaban J connectivity index is 0.000000156. The lowest BCUT2D eigenvalue weighted by molar-refractivity contribution is -0.102. The van der Waals surface area contributed by atoms with E-state index in [9.17, 15) is 20.4 Å². The summed E-state index contributed by atoms with van der Waals surface area (Å²) in [6, 6.07) is 0. The summed E-state index contributed by atoms with van der Waals surface area (Å²) < 4.78 is 14.5. The molecule has 0 aromatic carbocycles. The number of rotatable bonds is 3. The van der Waals surface area contributed by atoms with E-state index in [-0.39, 0.29) is 18.2 Å². The highest BCUT2D eigenvalue weighted by Crippen LogP contribution is 2.40. The summed E-state index contributed by atoms with van der Waals surface area (Å²) in [7, 11) is 0. The van der Waals surface area contributed by atoms with Crippen LogP contribution in [0.5, 0.6) is 0 Å². The first-order valence-corrected chi connectivity index (χ1v) is 12.1. The third-order valence-corrected chi connectivity index (χ3v) is 7.59. The van der Waals surface area contributed by atoms with Gasteiger partial charge in [0.1, 0.15) is 42.0 Å². The Bertz CT molecular complexity index is 1450. The van der Waals surface area contributed by atoms with Crippen LogP contribution in [0.4, 0.5) is 11.6 Å². The lowest BCUT2D eigenvalue weighted by Crippen LogP contribution is -2.39. The predicted molar refractivity (Wildman–Crippen MR) is 135 cm³/mol. The Labute approximate surface area is 220 Å². The summed E-state index contributed by atoms with van der Waals surface area (Å²) in [4.78, 5) is 24.2. The molecule has 4 aromatic rings. The van der Waals surface area contributed by atoms with Crippen LogP contribution < -0.4 is 11.5 Å². The number of nitrogens with zero attached hydrogens (tertiary/aromatic N) is 8. The largest absolute Gasteiger partial charge is 0.394 e. The van der Waals surface area contributed by atoms with Crippen molar-refractivity contribution in [3.05, 3.63) is 25.3 Å². The molecule has 8 N–H and O–H groups in total. The second-order valence-electron chi connectivity index (χ2n) is 9.17. The van der Waals surface area contributed by atoms with Crippen molar-refractivity contribution in [2.24, 2.45) is 0 Å². The minimum absolute atomic E-state index is 0.264. The average molecular weight is 549 g/mol. The van der Waals surface area contributed by atoms with Gasteiger partial charge in [-0.1, -0.05) is 0 Å². The first-order valence-electron chi connectivity index (χ1n) is 11.6. The second kappa shape index (κ2) is 9.84. The molecule has 2 saturated heterocycles. The van der Waals surface area contributed by atoms with Gasteiger partial charge in [-0.3, -0.25) is 9.13 Å². The van der Waals surface area contributed by atoms with Crippen molar-refractivity contribution in [1.29, 1.82) is 0 Å². The van der Waals surface area contributed by atoms with Crippen molar-refractivity contribution in [3.63, 3.8) is 0 Å². The fourth-order valence-corrected chi connectivity index (χ4v) is 4.98. The molecule has 2 aliphatic heterocycles. The Morgan fingerprint density at radius 3 is 2.11 bits per heavy atom. The molecule has 6 heterocycles. The number of nitrogens with two attached hydrogens (primary N) is 2. The Morgan fingerprint density at radius 2 is 1.53 bits per heavy atom. The Hall–Kier alpha value is -3.19. The lowest BCUT2D eigenvalue weighted by atomic mass is 10.1. The molecule has 0 amide bonds. The highest BCUT2D eigenvalue weighted by Gasteiger charge is 2.52.